The number of amides is 1. The Morgan fingerprint density at radius 3 is 2.33 bits per heavy atom. The fraction of sp³-hybridized carbons (Fsp3) is 0.500. The Kier molecular flexibility index (Phi) is 8.35. The molecule has 43 heavy (non-hydrogen) atoms. The van der Waals surface area contributed by atoms with E-state index in [4.69, 9.17) is 14.2 Å². The lowest BCUT2D eigenvalue weighted by Crippen LogP contribution is -2.50. The van der Waals surface area contributed by atoms with Gasteiger partial charge in [0, 0.05) is 51.3 Å². The van der Waals surface area contributed by atoms with Gasteiger partial charge in [0.1, 0.15) is 17.2 Å². The van der Waals surface area contributed by atoms with Gasteiger partial charge in [-0.25, -0.2) is 14.5 Å². The zero-order chi connectivity index (χ0) is 30.9. The summed E-state index contributed by atoms with van der Waals surface area (Å²) in [7, 11) is 3.00. The lowest BCUT2D eigenvalue weighted by Gasteiger charge is -2.36. The molecule has 5 rings (SSSR count). The third-order valence-corrected chi connectivity index (χ3v) is 7.50. The van der Waals surface area contributed by atoms with Gasteiger partial charge in [0.05, 0.1) is 26.0 Å². The van der Waals surface area contributed by atoms with Crippen molar-refractivity contribution < 1.29 is 32.2 Å². The average molecular weight is 603 g/mol. The molecule has 232 valence electrons. The minimum Gasteiger partial charge on any atom is -0.493 e. The number of hydrogen-bond donors (Lipinski definition) is 1. The summed E-state index contributed by atoms with van der Waals surface area (Å²) in [6, 6.07) is 8.20. The minimum atomic E-state index is -4.48. The summed E-state index contributed by atoms with van der Waals surface area (Å²) in [5, 5.41) is 7.58. The lowest BCUT2D eigenvalue weighted by molar-refractivity contribution is -0.173. The van der Waals surface area contributed by atoms with E-state index in [2.05, 4.69) is 20.3 Å². The van der Waals surface area contributed by atoms with Crippen molar-refractivity contribution in [3.63, 3.8) is 0 Å². The van der Waals surface area contributed by atoms with Crippen molar-refractivity contribution in [3.8, 4) is 11.5 Å². The molecule has 1 aromatic carbocycles. The Hall–Kier alpha value is -4.16. The summed E-state index contributed by atoms with van der Waals surface area (Å²) in [6.07, 6.45) is -2.98. The molecule has 13 heteroatoms. The Morgan fingerprint density at radius 1 is 1.00 bits per heavy atom. The topological polar surface area (TPSA) is 94.0 Å². The van der Waals surface area contributed by atoms with E-state index >= 15 is 0 Å². The first-order valence-electron chi connectivity index (χ1n) is 14.2. The summed E-state index contributed by atoms with van der Waals surface area (Å²) in [5.41, 5.74) is 1.44. The third kappa shape index (κ3) is 6.91. The maximum atomic E-state index is 14.2. The average Bonchev–Trinajstić information content (AvgIpc) is 3.37. The van der Waals surface area contributed by atoms with Crippen LogP contribution < -0.4 is 19.7 Å². The molecule has 0 unspecified atom stereocenters. The number of fused-ring (bicyclic) bond motifs is 1. The summed E-state index contributed by atoms with van der Waals surface area (Å²) in [5.74, 6) is 2.03. The fourth-order valence-electron chi connectivity index (χ4n) is 5.36. The fourth-order valence-corrected chi connectivity index (χ4v) is 5.36. The number of halogens is 3. The number of carbonyl (C=O) groups is 1. The van der Waals surface area contributed by atoms with Crippen molar-refractivity contribution in [1.29, 1.82) is 0 Å². The van der Waals surface area contributed by atoms with E-state index in [1.54, 1.807) is 35.4 Å². The van der Waals surface area contributed by atoms with Gasteiger partial charge in [0.2, 0.25) is 0 Å². The molecule has 0 spiro atoms. The minimum absolute atomic E-state index is 0.218. The Labute approximate surface area is 248 Å². The van der Waals surface area contributed by atoms with Gasteiger partial charge in [-0.1, -0.05) is 12.1 Å². The SMILES string of the molecule is COc1ccc([C@H]2C[C@@H](C(F)(F)F)n3nc(Cc4ccc(N5CCN(C(=O)OC(C)(C)C)CC5)nc4)cc3N2)cc1OC. The second-order valence-electron chi connectivity index (χ2n) is 11.7. The van der Waals surface area contributed by atoms with E-state index in [-0.39, 0.29) is 12.5 Å². The van der Waals surface area contributed by atoms with E-state index in [0.29, 0.717) is 61.2 Å². The Bertz CT molecular complexity index is 1430. The molecular formula is C30H37F3N6O4. The first kappa shape index (κ1) is 30.3. The molecule has 1 fully saturated rings. The van der Waals surface area contributed by atoms with E-state index in [1.165, 1.54) is 14.2 Å². The standard InChI is InChI=1S/C30H37F3N6O4/c1-29(2,3)43-28(40)38-12-10-37(11-13-38)26-9-6-19(18-34-26)14-21-16-27-35-22(17-25(30(31,32)33)39(27)36-21)20-7-8-23(41-4)24(15-20)42-5/h6-9,15-16,18,22,25,35H,10-14,17H2,1-5H3/t22-,25+/m1/s1. The van der Waals surface area contributed by atoms with Crippen LogP contribution in [0.2, 0.25) is 0 Å². The van der Waals surface area contributed by atoms with Gasteiger partial charge in [-0.15, -0.1) is 0 Å². The molecular weight excluding hydrogens is 565 g/mol. The molecule has 2 aliphatic rings. The zero-order valence-electron chi connectivity index (χ0n) is 24.9. The summed E-state index contributed by atoms with van der Waals surface area (Å²) in [6.45, 7) is 7.80. The number of carbonyl (C=O) groups excluding carboxylic acids is 1. The van der Waals surface area contributed by atoms with Crippen LogP contribution in [0.15, 0.2) is 42.6 Å². The predicted molar refractivity (Wildman–Crippen MR) is 155 cm³/mol. The second-order valence-corrected chi connectivity index (χ2v) is 11.7. The van der Waals surface area contributed by atoms with Crippen LogP contribution in [0.1, 0.15) is 56.1 Å². The number of nitrogens with zero attached hydrogens (tertiary/aromatic N) is 5. The number of benzene rings is 1. The number of anilines is 2. The maximum absolute atomic E-state index is 14.2. The highest BCUT2D eigenvalue weighted by Gasteiger charge is 2.46. The van der Waals surface area contributed by atoms with Gasteiger partial charge in [0.15, 0.2) is 17.5 Å². The number of piperazine rings is 1. The molecule has 0 radical (unpaired) electrons. The molecule has 2 aliphatic heterocycles. The molecule has 3 aromatic rings. The number of alkyl halides is 3. The summed E-state index contributed by atoms with van der Waals surface area (Å²) < 4.78 is 59.7. The number of methoxy groups -OCH3 is 2. The van der Waals surface area contributed by atoms with Crippen molar-refractivity contribution in [2.45, 2.75) is 57.5 Å². The van der Waals surface area contributed by atoms with Gasteiger partial charge in [-0.3, -0.25) is 0 Å². The molecule has 0 bridgehead atoms. The van der Waals surface area contributed by atoms with Crippen molar-refractivity contribution in [3.05, 3.63) is 59.4 Å². The quantitative estimate of drug-likeness (QED) is 0.390. The summed E-state index contributed by atoms with van der Waals surface area (Å²) >= 11 is 0. The lowest BCUT2D eigenvalue weighted by atomic mass is 9.96. The highest BCUT2D eigenvalue weighted by atomic mass is 19.4. The first-order chi connectivity index (χ1) is 20.3. The molecule has 10 nitrogen and oxygen atoms in total. The Morgan fingerprint density at radius 2 is 1.72 bits per heavy atom. The second kappa shape index (κ2) is 11.8. The largest absolute Gasteiger partial charge is 0.493 e. The van der Waals surface area contributed by atoms with Crippen LogP contribution in [-0.2, 0) is 11.2 Å². The van der Waals surface area contributed by atoms with E-state index in [0.717, 1.165) is 16.1 Å². The van der Waals surface area contributed by atoms with Crippen LogP contribution in [0.3, 0.4) is 0 Å². The summed E-state index contributed by atoms with van der Waals surface area (Å²) in [4.78, 5) is 20.7. The van der Waals surface area contributed by atoms with Crippen LogP contribution in [-0.4, -0.2) is 77.9 Å². The molecule has 2 atom stereocenters. The number of nitrogens with one attached hydrogen (secondary N) is 1. The monoisotopic (exact) mass is 602 g/mol. The number of ether oxygens (including phenoxy) is 3. The molecule has 0 saturated carbocycles. The van der Waals surface area contributed by atoms with Gasteiger partial charge >= 0.3 is 12.3 Å². The van der Waals surface area contributed by atoms with Crippen molar-refractivity contribution >= 4 is 17.7 Å². The van der Waals surface area contributed by atoms with E-state index < -0.39 is 23.9 Å². The Balaban J connectivity index is 1.26. The zero-order valence-corrected chi connectivity index (χ0v) is 24.9. The third-order valence-electron chi connectivity index (χ3n) is 7.50. The molecule has 1 saturated heterocycles. The maximum Gasteiger partial charge on any atom is 0.410 e. The number of rotatable bonds is 6. The van der Waals surface area contributed by atoms with Gasteiger partial charge < -0.3 is 29.3 Å². The van der Waals surface area contributed by atoms with Crippen LogP contribution in [0.25, 0.3) is 0 Å². The van der Waals surface area contributed by atoms with Crippen LogP contribution in [0.4, 0.5) is 29.6 Å². The normalized spacial score (nSPS) is 19.0. The van der Waals surface area contributed by atoms with Crippen LogP contribution >= 0.6 is 0 Å². The highest BCUT2D eigenvalue weighted by Crippen LogP contribution is 2.44. The van der Waals surface area contributed by atoms with Gasteiger partial charge in [-0.05, 0) is 50.1 Å². The molecule has 1 N–H and O–H groups in total. The van der Waals surface area contributed by atoms with Crippen molar-refractivity contribution in [1.82, 2.24) is 19.7 Å². The van der Waals surface area contributed by atoms with E-state index in [9.17, 15) is 18.0 Å². The van der Waals surface area contributed by atoms with E-state index in [1.807, 2.05) is 32.9 Å². The number of aromatic nitrogens is 3. The molecule has 1 amide bonds. The molecule has 4 heterocycles. The highest BCUT2D eigenvalue weighted by molar-refractivity contribution is 5.68. The van der Waals surface area contributed by atoms with Crippen molar-refractivity contribution in [2.75, 3.05) is 50.6 Å². The van der Waals surface area contributed by atoms with Gasteiger partial charge in [0.25, 0.3) is 0 Å². The van der Waals surface area contributed by atoms with Gasteiger partial charge in [-0.2, -0.15) is 18.3 Å². The smallest absolute Gasteiger partial charge is 0.410 e. The van der Waals surface area contributed by atoms with Crippen LogP contribution in [0, 0.1) is 0 Å². The molecule has 2 aromatic heterocycles. The van der Waals surface area contributed by atoms with Crippen molar-refractivity contribution in [2.24, 2.45) is 0 Å². The first-order valence-corrected chi connectivity index (χ1v) is 14.2. The predicted octanol–water partition coefficient (Wildman–Crippen LogP) is 5.60. The number of hydrogen-bond acceptors (Lipinski definition) is 8. The molecule has 0 aliphatic carbocycles. The van der Waals surface area contributed by atoms with Crippen LogP contribution in [0.5, 0.6) is 11.5 Å². The number of pyridine rings is 1.